The van der Waals surface area contributed by atoms with Crippen molar-refractivity contribution in [3.05, 3.63) is 29.8 Å². The van der Waals surface area contributed by atoms with Crippen molar-refractivity contribution in [1.82, 2.24) is 15.5 Å². The Morgan fingerprint density at radius 3 is 2.50 bits per heavy atom. The fourth-order valence-corrected chi connectivity index (χ4v) is 2.70. The van der Waals surface area contributed by atoms with Gasteiger partial charge in [0.1, 0.15) is 5.75 Å². The van der Waals surface area contributed by atoms with Gasteiger partial charge in [0.15, 0.2) is 5.11 Å². The topological polar surface area (TPSA) is 36.5 Å². The second-order valence-corrected chi connectivity index (χ2v) is 5.40. The van der Waals surface area contributed by atoms with Gasteiger partial charge in [0, 0.05) is 13.6 Å². The number of methoxy groups -OCH3 is 1. The van der Waals surface area contributed by atoms with E-state index >= 15 is 0 Å². The minimum Gasteiger partial charge on any atom is -0.497 e. The molecule has 1 saturated heterocycles. The Kier molecular flexibility index (Phi) is 5.61. The van der Waals surface area contributed by atoms with Crippen molar-refractivity contribution < 1.29 is 4.74 Å². The maximum atomic E-state index is 5.23. The van der Waals surface area contributed by atoms with Gasteiger partial charge in [0.2, 0.25) is 0 Å². The first-order valence-electron chi connectivity index (χ1n) is 7.08. The molecule has 1 fully saturated rings. The van der Waals surface area contributed by atoms with Crippen molar-refractivity contribution in [2.45, 2.75) is 18.9 Å². The SMILES string of the molecule is CNC(=S)NCC(c1ccc(OC)cc1)N1CCCC1. The first kappa shape index (κ1) is 15.1. The van der Waals surface area contributed by atoms with Crippen LogP contribution < -0.4 is 15.4 Å². The second kappa shape index (κ2) is 7.45. The van der Waals surface area contributed by atoms with Gasteiger partial charge in [-0.05, 0) is 55.8 Å². The number of rotatable bonds is 5. The van der Waals surface area contributed by atoms with E-state index in [2.05, 4.69) is 27.7 Å². The van der Waals surface area contributed by atoms with E-state index in [0.717, 1.165) is 25.4 Å². The molecule has 0 bridgehead atoms. The molecule has 1 aromatic rings. The molecule has 0 radical (unpaired) electrons. The van der Waals surface area contributed by atoms with Crippen LogP contribution in [0.15, 0.2) is 24.3 Å². The Hall–Kier alpha value is -1.33. The normalized spacial score (nSPS) is 16.7. The Morgan fingerprint density at radius 2 is 1.95 bits per heavy atom. The summed E-state index contributed by atoms with van der Waals surface area (Å²) in [5.74, 6) is 0.896. The van der Waals surface area contributed by atoms with Gasteiger partial charge in [-0.3, -0.25) is 4.90 Å². The third kappa shape index (κ3) is 3.84. The molecule has 0 amide bonds. The molecule has 1 atom stereocenters. The lowest BCUT2D eigenvalue weighted by atomic mass is 10.1. The van der Waals surface area contributed by atoms with Crippen molar-refractivity contribution in [2.24, 2.45) is 0 Å². The summed E-state index contributed by atoms with van der Waals surface area (Å²) in [5.41, 5.74) is 1.30. The Bertz CT molecular complexity index is 429. The van der Waals surface area contributed by atoms with Crippen LogP contribution in [0.1, 0.15) is 24.4 Å². The van der Waals surface area contributed by atoms with Crippen LogP contribution in [-0.4, -0.2) is 43.8 Å². The zero-order valence-corrected chi connectivity index (χ0v) is 13.0. The highest BCUT2D eigenvalue weighted by Crippen LogP contribution is 2.26. The molecule has 1 aliphatic heterocycles. The van der Waals surface area contributed by atoms with Crippen LogP contribution in [0.4, 0.5) is 0 Å². The third-order valence-electron chi connectivity index (χ3n) is 3.77. The van der Waals surface area contributed by atoms with Crippen LogP contribution in [0, 0.1) is 0 Å². The fourth-order valence-electron chi connectivity index (χ4n) is 2.61. The van der Waals surface area contributed by atoms with E-state index in [1.807, 2.05) is 19.2 Å². The Morgan fingerprint density at radius 1 is 1.30 bits per heavy atom. The molecular formula is C15H23N3OS. The molecule has 2 rings (SSSR count). The number of nitrogens with zero attached hydrogens (tertiary/aromatic N) is 1. The molecule has 4 nitrogen and oxygen atoms in total. The molecule has 1 aromatic carbocycles. The van der Waals surface area contributed by atoms with Crippen LogP contribution in [-0.2, 0) is 0 Å². The smallest absolute Gasteiger partial charge is 0.166 e. The maximum absolute atomic E-state index is 5.23. The van der Waals surface area contributed by atoms with E-state index in [9.17, 15) is 0 Å². The molecule has 20 heavy (non-hydrogen) atoms. The lowest BCUT2D eigenvalue weighted by Gasteiger charge is -2.28. The van der Waals surface area contributed by atoms with E-state index < -0.39 is 0 Å². The van der Waals surface area contributed by atoms with E-state index in [0.29, 0.717) is 11.2 Å². The summed E-state index contributed by atoms with van der Waals surface area (Å²) in [7, 11) is 3.54. The Balaban J connectivity index is 2.09. The molecule has 1 heterocycles. The summed E-state index contributed by atoms with van der Waals surface area (Å²) in [5, 5.41) is 6.94. The summed E-state index contributed by atoms with van der Waals surface area (Å²) < 4.78 is 5.23. The van der Waals surface area contributed by atoms with Crippen LogP contribution in [0.5, 0.6) is 5.75 Å². The van der Waals surface area contributed by atoms with Crippen molar-refractivity contribution in [3.8, 4) is 5.75 Å². The van der Waals surface area contributed by atoms with Crippen LogP contribution in [0.25, 0.3) is 0 Å². The van der Waals surface area contributed by atoms with Crippen LogP contribution in [0.2, 0.25) is 0 Å². The zero-order chi connectivity index (χ0) is 14.4. The van der Waals surface area contributed by atoms with Gasteiger partial charge >= 0.3 is 0 Å². The van der Waals surface area contributed by atoms with Crippen molar-refractivity contribution >= 4 is 17.3 Å². The van der Waals surface area contributed by atoms with Gasteiger partial charge in [-0.1, -0.05) is 12.1 Å². The van der Waals surface area contributed by atoms with Gasteiger partial charge in [-0.25, -0.2) is 0 Å². The number of benzene rings is 1. The van der Waals surface area contributed by atoms with Gasteiger partial charge < -0.3 is 15.4 Å². The van der Waals surface area contributed by atoms with Gasteiger partial charge in [0.25, 0.3) is 0 Å². The van der Waals surface area contributed by atoms with Crippen molar-refractivity contribution in [3.63, 3.8) is 0 Å². The minimum atomic E-state index is 0.356. The highest BCUT2D eigenvalue weighted by molar-refractivity contribution is 7.80. The van der Waals surface area contributed by atoms with E-state index in [4.69, 9.17) is 17.0 Å². The van der Waals surface area contributed by atoms with Gasteiger partial charge in [-0.15, -0.1) is 0 Å². The quantitative estimate of drug-likeness (QED) is 0.811. The summed E-state index contributed by atoms with van der Waals surface area (Å²) in [6.45, 7) is 3.14. The molecule has 0 aromatic heterocycles. The molecular weight excluding hydrogens is 270 g/mol. The largest absolute Gasteiger partial charge is 0.497 e. The molecule has 1 aliphatic rings. The summed E-state index contributed by atoms with van der Waals surface area (Å²) in [6, 6.07) is 8.69. The standard InChI is InChI=1S/C15H23N3OS/c1-16-15(20)17-11-14(18-9-3-4-10-18)12-5-7-13(19-2)8-6-12/h5-8,14H,3-4,9-11H2,1-2H3,(H2,16,17,20). The molecule has 0 aliphatic carbocycles. The number of thiocarbonyl (C=S) groups is 1. The molecule has 0 saturated carbocycles. The average molecular weight is 293 g/mol. The first-order valence-corrected chi connectivity index (χ1v) is 7.49. The lowest BCUT2D eigenvalue weighted by molar-refractivity contribution is 0.245. The number of hydrogen-bond donors (Lipinski definition) is 2. The fraction of sp³-hybridized carbons (Fsp3) is 0.533. The molecule has 5 heteroatoms. The predicted octanol–water partition coefficient (Wildman–Crippen LogP) is 1.93. The molecule has 2 N–H and O–H groups in total. The zero-order valence-electron chi connectivity index (χ0n) is 12.2. The van der Waals surface area contributed by atoms with E-state index in [-0.39, 0.29) is 0 Å². The van der Waals surface area contributed by atoms with Crippen LogP contribution >= 0.6 is 12.2 Å². The predicted molar refractivity (Wildman–Crippen MR) is 86.2 cm³/mol. The van der Waals surface area contributed by atoms with E-state index in [1.165, 1.54) is 18.4 Å². The van der Waals surface area contributed by atoms with Crippen LogP contribution in [0.3, 0.4) is 0 Å². The van der Waals surface area contributed by atoms with Gasteiger partial charge in [-0.2, -0.15) is 0 Å². The highest BCUT2D eigenvalue weighted by Gasteiger charge is 2.23. The maximum Gasteiger partial charge on any atom is 0.166 e. The van der Waals surface area contributed by atoms with E-state index in [1.54, 1.807) is 7.11 Å². The highest BCUT2D eigenvalue weighted by atomic mass is 32.1. The number of likely N-dealkylation sites (tertiary alicyclic amines) is 1. The summed E-state index contributed by atoms with van der Waals surface area (Å²) in [4.78, 5) is 2.52. The monoisotopic (exact) mass is 293 g/mol. The first-order chi connectivity index (χ1) is 9.74. The van der Waals surface area contributed by atoms with Crippen molar-refractivity contribution in [1.29, 1.82) is 0 Å². The third-order valence-corrected chi connectivity index (χ3v) is 4.11. The number of nitrogens with one attached hydrogen (secondary N) is 2. The minimum absolute atomic E-state index is 0.356. The summed E-state index contributed by atoms with van der Waals surface area (Å²) >= 11 is 5.18. The average Bonchev–Trinajstić information content (AvgIpc) is 3.02. The number of hydrogen-bond acceptors (Lipinski definition) is 3. The van der Waals surface area contributed by atoms with Gasteiger partial charge in [0.05, 0.1) is 13.2 Å². The number of ether oxygens (including phenoxy) is 1. The molecule has 0 spiro atoms. The summed E-state index contributed by atoms with van der Waals surface area (Å²) in [6.07, 6.45) is 2.56. The molecule has 1 unspecified atom stereocenters. The molecule has 110 valence electrons. The lowest BCUT2D eigenvalue weighted by Crippen LogP contribution is -2.40. The van der Waals surface area contributed by atoms with Crippen molar-refractivity contribution in [2.75, 3.05) is 33.8 Å². The second-order valence-electron chi connectivity index (χ2n) is 4.99. The Labute approximate surface area is 126 Å².